The molecule has 24 heavy (non-hydrogen) atoms. The zero-order valence-corrected chi connectivity index (χ0v) is 14.5. The first-order valence-electron chi connectivity index (χ1n) is 7.45. The summed E-state index contributed by atoms with van der Waals surface area (Å²) in [4.78, 5) is 0. The second-order valence-electron chi connectivity index (χ2n) is 5.56. The van der Waals surface area contributed by atoms with Gasteiger partial charge in [0.2, 0.25) is 0 Å². The van der Waals surface area contributed by atoms with Crippen LogP contribution in [-0.4, -0.2) is 25.6 Å². The van der Waals surface area contributed by atoms with Gasteiger partial charge in [0.05, 0.1) is 14.2 Å². The Morgan fingerprint density at radius 3 is 2.42 bits per heavy atom. The molecule has 2 N–H and O–H groups in total. The number of hydrogen-bond donors (Lipinski definition) is 1. The number of methoxy groups -OCH3 is 2. The van der Waals surface area contributed by atoms with Crippen molar-refractivity contribution in [1.82, 2.24) is 0 Å². The minimum Gasteiger partial charge on any atom is -0.493 e. The summed E-state index contributed by atoms with van der Waals surface area (Å²) in [5.41, 5.74) is 11.0. The predicted molar refractivity (Wildman–Crippen MR) is 97.9 cm³/mol. The number of hydrogen-bond acceptors (Lipinski definition) is 5. The second kappa shape index (κ2) is 6.53. The molecule has 0 saturated heterocycles. The molecule has 0 unspecified atom stereocenters. The van der Waals surface area contributed by atoms with Crippen LogP contribution in [0.15, 0.2) is 40.5 Å². The number of fused-ring (bicyclic) bond motifs is 1. The molecular formula is C18H18ClN3O2. The topological polar surface area (TPSA) is 69.2 Å². The molecule has 3 rings (SSSR count). The summed E-state index contributed by atoms with van der Waals surface area (Å²) < 4.78 is 10.8. The number of nitrogens with two attached hydrogens (primary N) is 1. The van der Waals surface area contributed by atoms with Crippen LogP contribution < -0.4 is 15.2 Å². The van der Waals surface area contributed by atoms with Crippen molar-refractivity contribution < 1.29 is 9.47 Å². The van der Waals surface area contributed by atoms with E-state index in [0.717, 1.165) is 22.4 Å². The molecule has 0 radical (unpaired) electrons. The van der Waals surface area contributed by atoms with E-state index in [1.165, 1.54) is 0 Å². The van der Waals surface area contributed by atoms with E-state index in [4.69, 9.17) is 26.8 Å². The van der Waals surface area contributed by atoms with Crippen LogP contribution in [0.1, 0.15) is 23.6 Å². The molecule has 1 aliphatic heterocycles. The molecule has 0 saturated carbocycles. The Labute approximate surface area is 145 Å². The molecule has 0 amide bonds. The molecular weight excluding hydrogens is 326 g/mol. The number of anilines is 1. The third-order valence-corrected chi connectivity index (χ3v) is 4.14. The van der Waals surface area contributed by atoms with Crippen molar-refractivity contribution in [3.05, 3.63) is 52.0 Å². The molecule has 0 spiro atoms. The molecule has 6 heteroatoms. The van der Waals surface area contributed by atoms with Gasteiger partial charge in [-0.1, -0.05) is 11.6 Å². The van der Waals surface area contributed by atoms with Gasteiger partial charge in [-0.25, -0.2) is 0 Å². The predicted octanol–water partition coefficient (Wildman–Crippen LogP) is 3.71. The molecule has 0 aliphatic carbocycles. The van der Waals surface area contributed by atoms with Crippen molar-refractivity contribution in [2.75, 3.05) is 20.0 Å². The van der Waals surface area contributed by atoms with E-state index < -0.39 is 0 Å². The summed E-state index contributed by atoms with van der Waals surface area (Å²) in [6.45, 7) is 1.94. The normalized spacial score (nSPS) is 13.5. The molecule has 0 bridgehead atoms. The van der Waals surface area contributed by atoms with Gasteiger partial charge in [0.1, 0.15) is 5.71 Å². The molecule has 1 heterocycles. The summed E-state index contributed by atoms with van der Waals surface area (Å²) >= 11 is 6.15. The van der Waals surface area contributed by atoms with E-state index >= 15 is 0 Å². The highest BCUT2D eigenvalue weighted by Crippen LogP contribution is 2.34. The Kier molecular flexibility index (Phi) is 4.44. The van der Waals surface area contributed by atoms with Crippen LogP contribution in [0.25, 0.3) is 0 Å². The minimum atomic E-state index is 0.591. The number of halogens is 1. The minimum absolute atomic E-state index is 0.591. The summed E-state index contributed by atoms with van der Waals surface area (Å²) in [6, 6.07) is 9.17. The Balaban J connectivity index is 2.27. The number of nitrogens with zero attached hydrogens (tertiary/aromatic N) is 2. The van der Waals surface area contributed by atoms with Crippen LogP contribution in [0.5, 0.6) is 11.5 Å². The van der Waals surface area contributed by atoms with Gasteiger partial charge in [-0.2, -0.15) is 5.10 Å². The Morgan fingerprint density at radius 2 is 1.71 bits per heavy atom. The van der Waals surface area contributed by atoms with Gasteiger partial charge >= 0.3 is 0 Å². The van der Waals surface area contributed by atoms with Gasteiger partial charge in [0, 0.05) is 34.0 Å². The van der Waals surface area contributed by atoms with Gasteiger partial charge in [-0.15, -0.1) is 5.10 Å². The Bertz CT molecular complexity index is 860. The van der Waals surface area contributed by atoms with Crippen molar-refractivity contribution >= 4 is 28.7 Å². The maximum atomic E-state index is 6.15. The van der Waals surface area contributed by atoms with Crippen molar-refractivity contribution in [3.63, 3.8) is 0 Å². The molecule has 0 aromatic heterocycles. The quantitative estimate of drug-likeness (QED) is 0.864. The van der Waals surface area contributed by atoms with E-state index in [2.05, 4.69) is 10.2 Å². The molecule has 124 valence electrons. The average Bonchev–Trinajstić information content (AvgIpc) is 2.73. The fraction of sp³-hybridized carbons (Fsp3) is 0.222. The lowest BCUT2D eigenvalue weighted by Gasteiger charge is -2.15. The lowest BCUT2D eigenvalue weighted by atomic mass is 9.93. The SMILES string of the molecule is COc1cc2c(cc1OC)C(c1cc(Cl)ccc1N)=NN=C(C)C2. The van der Waals surface area contributed by atoms with Gasteiger partial charge in [0.25, 0.3) is 0 Å². The van der Waals surface area contributed by atoms with E-state index in [9.17, 15) is 0 Å². The summed E-state index contributed by atoms with van der Waals surface area (Å²) in [7, 11) is 3.22. The maximum Gasteiger partial charge on any atom is 0.161 e. The van der Waals surface area contributed by atoms with Crippen molar-refractivity contribution in [2.45, 2.75) is 13.3 Å². The molecule has 1 aliphatic rings. The molecule has 0 fully saturated rings. The molecule has 2 aromatic rings. The number of nitrogen functional groups attached to an aromatic ring is 1. The van der Waals surface area contributed by atoms with Crippen LogP contribution in [0.3, 0.4) is 0 Å². The first-order valence-corrected chi connectivity index (χ1v) is 7.83. The van der Waals surface area contributed by atoms with Crippen molar-refractivity contribution in [2.24, 2.45) is 10.2 Å². The summed E-state index contributed by atoms with van der Waals surface area (Å²) in [5.74, 6) is 1.30. The highest BCUT2D eigenvalue weighted by molar-refractivity contribution is 6.31. The van der Waals surface area contributed by atoms with E-state index in [1.807, 2.05) is 19.1 Å². The molecule has 0 atom stereocenters. The van der Waals surface area contributed by atoms with Gasteiger partial charge in [-0.3, -0.25) is 0 Å². The van der Waals surface area contributed by atoms with Crippen molar-refractivity contribution in [3.8, 4) is 11.5 Å². The fourth-order valence-electron chi connectivity index (χ4n) is 2.72. The number of rotatable bonds is 3. The standard InChI is InChI=1S/C18H18ClN3O2/c1-10-6-11-7-16(23-2)17(24-3)9-13(11)18(22-21-10)14-8-12(19)4-5-15(14)20/h4-5,7-9H,6,20H2,1-3H3. The van der Waals surface area contributed by atoms with Crippen LogP contribution in [0.4, 0.5) is 5.69 Å². The van der Waals surface area contributed by atoms with Gasteiger partial charge in [-0.05, 0) is 42.8 Å². The monoisotopic (exact) mass is 343 g/mol. The smallest absolute Gasteiger partial charge is 0.161 e. The summed E-state index contributed by atoms with van der Waals surface area (Å²) in [5, 5.41) is 9.31. The zero-order chi connectivity index (χ0) is 17.3. The number of benzene rings is 2. The van der Waals surface area contributed by atoms with Crippen molar-refractivity contribution in [1.29, 1.82) is 0 Å². The third kappa shape index (κ3) is 2.95. The highest BCUT2D eigenvalue weighted by atomic mass is 35.5. The highest BCUT2D eigenvalue weighted by Gasteiger charge is 2.21. The molecule has 5 nitrogen and oxygen atoms in total. The summed E-state index contributed by atoms with van der Waals surface area (Å²) in [6.07, 6.45) is 0.670. The Morgan fingerprint density at radius 1 is 1.00 bits per heavy atom. The third-order valence-electron chi connectivity index (χ3n) is 3.90. The zero-order valence-electron chi connectivity index (χ0n) is 13.8. The second-order valence-corrected chi connectivity index (χ2v) is 5.99. The van der Waals surface area contributed by atoms with Crippen LogP contribution in [-0.2, 0) is 6.42 Å². The average molecular weight is 344 g/mol. The largest absolute Gasteiger partial charge is 0.493 e. The fourth-order valence-corrected chi connectivity index (χ4v) is 2.89. The van der Waals surface area contributed by atoms with E-state index in [0.29, 0.717) is 34.3 Å². The van der Waals surface area contributed by atoms with Crippen LogP contribution in [0, 0.1) is 0 Å². The van der Waals surface area contributed by atoms with Gasteiger partial charge < -0.3 is 15.2 Å². The van der Waals surface area contributed by atoms with Crippen LogP contribution >= 0.6 is 11.6 Å². The molecule has 2 aromatic carbocycles. The first kappa shape index (κ1) is 16.3. The van der Waals surface area contributed by atoms with E-state index in [1.54, 1.807) is 32.4 Å². The maximum absolute atomic E-state index is 6.15. The lowest BCUT2D eigenvalue weighted by molar-refractivity contribution is 0.354. The Hall–Kier alpha value is -2.53. The lowest BCUT2D eigenvalue weighted by Crippen LogP contribution is -2.10. The van der Waals surface area contributed by atoms with Gasteiger partial charge in [0.15, 0.2) is 11.5 Å². The van der Waals surface area contributed by atoms with E-state index in [-0.39, 0.29) is 0 Å². The number of ether oxygens (including phenoxy) is 2. The first-order chi connectivity index (χ1) is 11.5. The van der Waals surface area contributed by atoms with Crippen LogP contribution in [0.2, 0.25) is 5.02 Å².